The molecule has 1 heterocycles. The SMILES string of the molecule is CCOC(=O)c1n[nH]c(C2(C)CCCC2)n1. The lowest BCUT2D eigenvalue weighted by Crippen LogP contribution is -2.19. The van der Waals surface area contributed by atoms with E-state index in [9.17, 15) is 4.79 Å². The summed E-state index contributed by atoms with van der Waals surface area (Å²) in [6.07, 6.45) is 4.63. The Balaban J connectivity index is 2.16. The van der Waals surface area contributed by atoms with E-state index in [0.717, 1.165) is 18.7 Å². The molecule has 0 unspecified atom stereocenters. The third kappa shape index (κ3) is 1.94. The molecule has 0 amide bonds. The van der Waals surface area contributed by atoms with Gasteiger partial charge in [0.05, 0.1) is 6.61 Å². The van der Waals surface area contributed by atoms with Crippen molar-refractivity contribution in [1.82, 2.24) is 15.2 Å². The van der Waals surface area contributed by atoms with E-state index < -0.39 is 5.97 Å². The van der Waals surface area contributed by atoms with Crippen molar-refractivity contribution in [2.24, 2.45) is 0 Å². The third-order valence-corrected chi connectivity index (χ3v) is 3.22. The first-order valence-electron chi connectivity index (χ1n) is 5.76. The molecule has 1 N–H and O–H groups in total. The first kappa shape index (κ1) is 11.1. The summed E-state index contributed by atoms with van der Waals surface area (Å²) in [5.41, 5.74) is 0.0533. The Labute approximate surface area is 94.6 Å². The van der Waals surface area contributed by atoms with Gasteiger partial charge in [0.25, 0.3) is 5.82 Å². The van der Waals surface area contributed by atoms with E-state index in [0.29, 0.717) is 6.61 Å². The minimum atomic E-state index is -0.452. The second-order valence-corrected chi connectivity index (χ2v) is 4.50. The molecule has 1 saturated carbocycles. The fourth-order valence-corrected chi connectivity index (χ4v) is 2.21. The molecular weight excluding hydrogens is 206 g/mol. The fraction of sp³-hybridized carbons (Fsp3) is 0.727. The normalized spacial score (nSPS) is 18.6. The molecule has 1 aliphatic carbocycles. The van der Waals surface area contributed by atoms with Crippen LogP contribution < -0.4 is 0 Å². The van der Waals surface area contributed by atoms with E-state index in [-0.39, 0.29) is 11.2 Å². The highest BCUT2D eigenvalue weighted by molar-refractivity contribution is 5.84. The maximum Gasteiger partial charge on any atom is 0.378 e. The number of aromatic nitrogens is 3. The number of nitrogens with one attached hydrogen (secondary N) is 1. The molecule has 1 aromatic heterocycles. The Morgan fingerprint density at radius 3 is 2.81 bits per heavy atom. The van der Waals surface area contributed by atoms with Crippen molar-refractivity contribution in [2.75, 3.05) is 6.61 Å². The third-order valence-electron chi connectivity index (χ3n) is 3.22. The van der Waals surface area contributed by atoms with Crippen LogP contribution in [0.4, 0.5) is 0 Å². The minimum Gasteiger partial charge on any atom is -0.460 e. The number of hydrogen-bond donors (Lipinski definition) is 1. The van der Waals surface area contributed by atoms with Crippen molar-refractivity contribution < 1.29 is 9.53 Å². The van der Waals surface area contributed by atoms with Gasteiger partial charge in [-0.1, -0.05) is 19.8 Å². The van der Waals surface area contributed by atoms with Crippen LogP contribution in [0.5, 0.6) is 0 Å². The van der Waals surface area contributed by atoms with Crippen LogP contribution >= 0.6 is 0 Å². The first-order valence-corrected chi connectivity index (χ1v) is 5.76. The Kier molecular flexibility index (Phi) is 2.94. The van der Waals surface area contributed by atoms with Gasteiger partial charge in [-0.25, -0.2) is 9.78 Å². The number of rotatable bonds is 3. The number of aromatic amines is 1. The van der Waals surface area contributed by atoms with Crippen LogP contribution in [-0.2, 0) is 10.2 Å². The van der Waals surface area contributed by atoms with Crippen molar-refractivity contribution in [1.29, 1.82) is 0 Å². The van der Waals surface area contributed by atoms with Gasteiger partial charge in [0.1, 0.15) is 5.82 Å². The van der Waals surface area contributed by atoms with Crippen molar-refractivity contribution in [3.8, 4) is 0 Å². The number of nitrogens with zero attached hydrogens (tertiary/aromatic N) is 2. The summed E-state index contributed by atoms with van der Waals surface area (Å²) in [6, 6.07) is 0. The van der Waals surface area contributed by atoms with E-state index in [1.165, 1.54) is 12.8 Å². The molecule has 5 heteroatoms. The van der Waals surface area contributed by atoms with Crippen LogP contribution in [0.2, 0.25) is 0 Å². The Morgan fingerprint density at radius 2 is 2.19 bits per heavy atom. The van der Waals surface area contributed by atoms with Crippen molar-refractivity contribution >= 4 is 5.97 Å². The lowest BCUT2D eigenvalue weighted by Gasteiger charge is -2.19. The Bertz CT molecular complexity index is 380. The molecule has 0 bridgehead atoms. The highest BCUT2D eigenvalue weighted by Crippen LogP contribution is 2.38. The summed E-state index contributed by atoms with van der Waals surface area (Å²) < 4.78 is 4.85. The molecule has 1 aliphatic rings. The molecule has 2 rings (SSSR count). The predicted octanol–water partition coefficient (Wildman–Crippen LogP) is 1.81. The first-order chi connectivity index (χ1) is 7.65. The zero-order valence-electron chi connectivity index (χ0n) is 9.75. The van der Waals surface area contributed by atoms with E-state index >= 15 is 0 Å². The van der Waals surface area contributed by atoms with Gasteiger partial charge in [-0.15, -0.1) is 5.10 Å². The van der Waals surface area contributed by atoms with Crippen molar-refractivity contribution in [3.63, 3.8) is 0 Å². The largest absolute Gasteiger partial charge is 0.460 e. The number of H-pyrrole nitrogens is 1. The van der Waals surface area contributed by atoms with E-state index in [1.807, 2.05) is 0 Å². The molecule has 0 atom stereocenters. The summed E-state index contributed by atoms with van der Waals surface area (Å²) in [4.78, 5) is 15.7. The van der Waals surface area contributed by atoms with Crippen LogP contribution in [0, 0.1) is 0 Å². The quantitative estimate of drug-likeness (QED) is 0.793. The van der Waals surface area contributed by atoms with Crippen molar-refractivity contribution in [2.45, 2.75) is 44.9 Å². The molecular formula is C11H17N3O2. The van der Waals surface area contributed by atoms with Crippen LogP contribution in [0.3, 0.4) is 0 Å². The van der Waals surface area contributed by atoms with Gasteiger partial charge < -0.3 is 4.74 Å². The lowest BCUT2D eigenvalue weighted by atomic mass is 9.88. The molecule has 0 aromatic carbocycles. The lowest BCUT2D eigenvalue weighted by molar-refractivity contribution is 0.0512. The van der Waals surface area contributed by atoms with Crippen LogP contribution in [-0.4, -0.2) is 27.8 Å². The molecule has 88 valence electrons. The van der Waals surface area contributed by atoms with Gasteiger partial charge in [-0.05, 0) is 19.8 Å². The molecule has 1 fully saturated rings. The molecule has 0 saturated heterocycles. The predicted molar refractivity (Wildman–Crippen MR) is 58.2 cm³/mol. The highest BCUT2D eigenvalue weighted by Gasteiger charge is 2.34. The average molecular weight is 223 g/mol. The second kappa shape index (κ2) is 4.23. The van der Waals surface area contributed by atoms with Crippen LogP contribution in [0.1, 0.15) is 56.0 Å². The topological polar surface area (TPSA) is 67.9 Å². The summed E-state index contributed by atoms with van der Waals surface area (Å²) in [5, 5.41) is 6.78. The molecule has 16 heavy (non-hydrogen) atoms. The second-order valence-electron chi connectivity index (χ2n) is 4.50. The summed E-state index contributed by atoms with van der Waals surface area (Å²) in [7, 11) is 0. The number of ether oxygens (including phenoxy) is 1. The zero-order chi connectivity index (χ0) is 11.6. The number of carbonyl (C=O) groups is 1. The van der Waals surface area contributed by atoms with Crippen LogP contribution in [0.25, 0.3) is 0 Å². The van der Waals surface area contributed by atoms with Gasteiger partial charge in [-0.2, -0.15) is 0 Å². The molecule has 0 spiro atoms. The van der Waals surface area contributed by atoms with Crippen molar-refractivity contribution in [3.05, 3.63) is 11.6 Å². The molecule has 0 radical (unpaired) electrons. The highest BCUT2D eigenvalue weighted by atomic mass is 16.5. The zero-order valence-corrected chi connectivity index (χ0v) is 9.75. The number of carbonyl (C=O) groups excluding carboxylic acids is 1. The number of hydrogen-bond acceptors (Lipinski definition) is 4. The van der Waals surface area contributed by atoms with Gasteiger partial charge in [-0.3, -0.25) is 5.10 Å². The molecule has 0 aliphatic heterocycles. The van der Waals surface area contributed by atoms with Gasteiger partial charge >= 0.3 is 5.97 Å². The Hall–Kier alpha value is -1.39. The minimum absolute atomic E-state index is 0.0533. The number of esters is 1. The smallest absolute Gasteiger partial charge is 0.378 e. The van der Waals surface area contributed by atoms with Gasteiger partial charge in [0.2, 0.25) is 0 Å². The van der Waals surface area contributed by atoms with E-state index in [1.54, 1.807) is 6.92 Å². The van der Waals surface area contributed by atoms with Gasteiger partial charge in [0, 0.05) is 5.41 Å². The maximum absolute atomic E-state index is 11.4. The monoisotopic (exact) mass is 223 g/mol. The standard InChI is InChI=1S/C11H17N3O2/c1-3-16-9(15)8-12-10(14-13-8)11(2)6-4-5-7-11/h3-7H2,1-2H3,(H,12,13,14). The van der Waals surface area contributed by atoms with E-state index in [2.05, 4.69) is 22.1 Å². The summed E-state index contributed by atoms with van der Waals surface area (Å²) >= 11 is 0. The maximum atomic E-state index is 11.4. The molecule has 5 nitrogen and oxygen atoms in total. The fourth-order valence-electron chi connectivity index (χ4n) is 2.21. The summed E-state index contributed by atoms with van der Waals surface area (Å²) in [6.45, 7) is 4.28. The van der Waals surface area contributed by atoms with Crippen LogP contribution in [0.15, 0.2) is 0 Å². The van der Waals surface area contributed by atoms with E-state index in [4.69, 9.17) is 4.74 Å². The van der Waals surface area contributed by atoms with Gasteiger partial charge in [0.15, 0.2) is 0 Å². The molecule has 1 aromatic rings. The summed E-state index contributed by atoms with van der Waals surface area (Å²) in [5.74, 6) is 0.504. The Morgan fingerprint density at radius 1 is 1.50 bits per heavy atom. The average Bonchev–Trinajstić information content (AvgIpc) is 2.86.